The third-order valence-electron chi connectivity index (χ3n) is 6.09. The summed E-state index contributed by atoms with van der Waals surface area (Å²) >= 11 is 7.76. The van der Waals surface area contributed by atoms with Crippen molar-refractivity contribution in [1.29, 1.82) is 0 Å². The van der Waals surface area contributed by atoms with Crippen LogP contribution in [0.15, 0.2) is 45.3 Å². The number of hydrogen-bond acceptors (Lipinski definition) is 0. The summed E-state index contributed by atoms with van der Waals surface area (Å²) in [6, 6.07) is 13.7. The van der Waals surface area contributed by atoms with Gasteiger partial charge in [0.05, 0.1) is 16.6 Å². The second-order valence-corrected chi connectivity index (χ2v) is 9.30. The third-order valence-corrected chi connectivity index (χ3v) is 7.54. The van der Waals surface area contributed by atoms with Crippen LogP contribution in [-0.2, 0) is 12.8 Å². The Labute approximate surface area is 168 Å². The van der Waals surface area contributed by atoms with Crippen molar-refractivity contribution in [2.45, 2.75) is 32.6 Å². The van der Waals surface area contributed by atoms with E-state index in [1.54, 1.807) is 0 Å². The van der Waals surface area contributed by atoms with Crippen molar-refractivity contribution in [3.8, 4) is 0 Å². The van der Waals surface area contributed by atoms with E-state index in [4.69, 9.17) is 0 Å². The average Bonchev–Trinajstić information content (AvgIpc) is 3.08. The van der Waals surface area contributed by atoms with E-state index in [0.717, 1.165) is 12.8 Å². The molecular formula is C23H17Br2N. The lowest BCUT2D eigenvalue weighted by atomic mass is 9.92. The average molecular weight is 467 g/mol. The van der Waals surface area contributed by atoms with E-state index < -0.39 is 0 Å². The smallest absolute Gasteiger partial charge is 0.0624 e. The summed E-state index contributed by atoms with van der Waals surface area (Å²) < 4.78 is 5.02. The standard InChI is InChI=1S/C23H17Br2N/c1-12-6-8-19-15(10-12)16-11-18(25)14-5-3-2-4-13-17(24)7-9-20-21(13)22(14)23(16)26(19)20/h6-11H,2-5H2,1H3. The normalized spacial score (nSPS) is 14.9. The van der Waals surface area contributed by atoms with Gasteiger partial charge in [-0.05, 0) is 74.1 Å². The van der Waals surface area contributed by atoms with Gasteiger partial charge in [-0.15, -0.1) is 0 Å². The molecule has 128 valence electrons. The number of rotatable bonds is 0. The van der Waals surface area contributed by atoms with Crippen molar-refractivity contribution < 1.29 is 0 Å². The minimum atomic E-state index is 1.15. The van der Waals surface area contributed by atoms with Crippen molar-refractivity contribution in [2.24, 2.45) is 0 Å². The third kappa shape index (κ3) is 1.81. The van der Waals surface area contributed by atoms with Crippen LogP contribution in [0.3, 0.4) is 0 Å². The SMILES string of the molecule is Cc1ccc2c(c1)c1cc(Br)c3c4c5c(c(Br)ccc5n2c14)CCCC3. The first-order chi connectivity index (χ1) is 12.6. The van der Waals surface area contributed by atoms with Gasteiger partial charge in [0.2, 0.25) is 0 Å². The molecule has 1 nitrogen and oxygen atoms in total. The Morgan fingerprint density at radius 3 is 2.31 bits per heavy atom. The lowest BCUT2D eigenvalue weighted by Gasteiger charge is -2.15. The molecule has 5 aromatic rings. The molecule has 0 unspecified atom stereocenters. The van der Waals surface area contributed by atoms with Crippen molar-refractivity contribution in [2.75, 3.05) is 0 Å². The molecule has 1 aliphatic rings. The van der Waals surface area contributed by atoms with Gasteiger partial charge < -0.3 is 4.40 Å². The number of nitrogens with zero attached hydrogens (tertiary/aromatic N) is 1. The van der Waals surface area contributed by atoms with Gasteiger partial charge in [-0.2, -0.15) is 0 Å². The van der Waals surface area contributed by atoms with E-state index in [9.17, 15) is 0 Å². The van der Waals surface area contributed by atoms with Gasteiger partial charge >= 0.3 is 0 Å². The van der Waals surface area contributed by atoms with E-state index in [1.807, 2.05) is 0 Å². The summed E-state index contributed by atoms with van der Waals surface area (Å²) in [5.74, 6) is 0. The summed E-state index contributed by atoms with van der Waals surface area (Å²) in [4.78, 5) is 0. The van der Waals surface area contributed by atoms with Crippen LogP contribution >= 0.6 is 31.9 Å². The first kappa shape index (κ1) is 15.5. The van der Waals surface area contributed by atoms with Crippen LogP contribution in [0.25, 0.3) is 38.1 Å². The van der Waals surface area contributed by atoms with Gasteiger partial charge in [0, 0.05) is 30.5 Å². The van der Waals surface area contributed by atoms with E-state index >= 15 is 0 Å². The summed E-state index contributed by atoms with van der Waals surface area (Å²) in [5, 5.41) is 5.65. The lowest BCUT2D eigenvalue weighted by molar-refractivity contribution is 0.734. The van der Waals surface area contributed by atoms with Gasteiger partial charge in [-0.3, -0.25) is 0 Å². The number of benzene rings is 3. The molecular weight excluding hydrogens is 450 g/mol. The summed E-state index contributed by atoms with van der Waals surface area (Å²) in [7, 11) is 0. The van der Waals surface area contributed by atoms with Gasteiger partial charge in [-0.25, -0.2) is 0 Å². The van der Waals surface area contributed by atoms with Gasteiger partial charge in [-0.1, -0.05) is 43.5 Å². The molecule has 0 aliphatic heterocycles. The van der Waals surface area contributed by atoms with E-state index in [0.29, 0.717) is 0 Å². The molecule has 3 aromatic carbocycles. The van der Waals surface area contributed by atoms with Crippen LogP contribution in [0.5, 0.6) is 0 Å². The highest BCUT2D eigenvalue weighted by atomic mass is 79.9. The van der Waals surface area contributed by atoms with Crippen LogP contribution in [0.4, 0.5) is 0 Å². The number of halogens is 2. The molecule has 0 saturated heterocycles. The highest BCUT2D eigenvalue weighted by Crippen LogP contribution is 2.46. The summed E-state index contributed by atoms with van der Waals surface area (Å²) in [5.41, 5.74) is 8.35. The fraction of sp³-hybridized carbons (Fsp3) is 0.217. The van der Waals surface area contributed by atoms with Crippen LogP contribution in [0, 0.1) is 6.92 Å². The zero-order chi connectivity index (χ0) is 17.6. The Kier molecular flexibility index (Phi) is 3.12. The number of hydrogen-bond donors (Lipinski definition) is 0. The second-order valence-electron chi connectivity index (χ2n) is 7.59. The summed E-state index contributed by atoms with van der Waals surface area (Å²) in [6.07, 6.45) is 4.79. The molecule has 0 spiro atoms. The largest absolute Gasteiger partial charge is 0.308 e. The Hall–Kier alpha value is -1.58. The molecule has 0 amide bonds. The maximum Gasteiger partial charge on any atom is 0.0624 e. The number of aromatic nitrogens is 1. The summed E-state index contributed by atoms with van der Waals surface area (Å²) in [6.45, 7) is 2.18. The Bertz CT molecular complexity index is 1360. The molecule has 0 fully saturated rings. The van der Waals surface area contributed by atoms with Crippen LogP contribution in [-0.4, -0.2) is 4.40 Å². The predicted molar refractivity (Wildman–Crippen MR) is 118 cm³/mol. The minimum Gasteiger partial charge on any atom is -0.308 e. The molecule has 2 aromatic heterocycles. The molecule has 0 N–H and O–H groups in total. The second kappa shape index (κ2) is 5.24. The molecule has 3 heteroatoms. The first-order valence-electron chi connectivity index (χ1n) is 9.23. The molecule has 0 radical (unpaired) electrons. The molecule has 26 heavy (non-hydrogen) atoms. The first-order valence-corrected chi connectivity index (χ1v) is 10.8. The maximum absolute atomic E-state index is 3.92. The molecule has 0 atom stereocenters. The molecule has 0 saturated carbocycles. The topological polar surface area (TPSA) is 4.41 Å². The minimum absolute atomic E-state index is 1.15. The van der Waals surface area contributed by atoms with E-state index in [-0.39, 0.29) is 0 Å². The quantitative estimate of drug-likeness (QED) is 0.222. The fourth-order valence-corrected chi connectivity index (χ4v) is 6.14. The van der Waals surface area contributed by atoms with E-state index in [1.165, 1.54) is 76.6 Å². The van der Waals surface area contributed by atoms with Crippen molar-refractivity contribution in [3.63, 3.8) is 0 Å². The monoisotopic (exact) mass is 465 g/mol. The zero-order valence-electron chi connectivity index (χ0n) is 14.5. The van der Waals surface area contributed by atoms with Crippen molar-refractivity contribution in [3.05, 3.63) is 62.0 Å². The molecule has 2 heterocycles. The van der Waals surface area contributed by atoms with Crippen LogP contribution in [0.2, 0.25) is 0 Å². The Balaban J connectivity index is 2.03. The molecule has 6 rings (SSSR count). The van der Waals surface area contributed by atoms with Gasteiger partial charge in [0.1, 0.15) is 0 Å². The van der Waals surface area contributed by atoms with Crippen LogP contribution in [0.1, 0.15) is 29.5 Å². The van der Waals surface area contributed by atoms with Crippen molar-refractivity contribution >= 4 is 70.0 Å². The number of fused-ring (bicyclic) bond motifs is 4. The Morgan fingerprint density at radius 2 is 1.50 bits per heavy atom. The molecule has 1 aliphatic carbocycles. The number of aryl methyl sites for hydroxylation is 3. The van der Waals surface area contributed by atoms with Gasteiger partial charge in [0.25, 0.3) is 0 Å². The highest BCUT2D eigenvalue weighted by molar-refractivity contribution is 9.10. The fourth-order valence-electron chi connectivity index (χ4n) is 4.99. The molecule has 0 bridgehead atoms. The van der Waals surface area contributed by atoms with Gasteiger partial charge in [0.15, 0.2) is 0 Å². The lowest BCUT2D eigenvalue weighted by Crippen LogP contribution is -1.97. The zero-order valence-corrected chi connectivity index (χ0v) is 17.7. The van der Waals surface area contributed by atoms with E-state index in [2.05, 4.69) is 79.6 Å². The Morgan fingerprint density at radius 1 is 0.769 bits per heavy atom. The van der Waals surface area contributed by atoms with Crippen molar-refractivity contribution in [1.82, 2.24) is 4.40 Å². The maximum atomic E-state index is 3.92. The predicted octanol–water partition coefficient (Wildman–Crippen LogP) is 7.55. The highest BCUT2D eigenvalue weighted by Gasteiger charge is 2.25. The van der Waals surface area contributed by atoms with Crippen LogP contribution < -0.4 is 0 Å².